The largest absolute Gasteiger partial charge is 0.460 e. The maximum Gasteiger partial charge on any atom is 0.329 e. The lowest BCUT2D eigenvalue weighted by Gasteiger charge is -2.42. The van der Waals surface area contributed by atoms with Crippen LogP contribution in [0.3, 0.4) is 0 Å². The van der Waals surface area contributed by atoms with Crippen molar-refractivity contribution in [2.75, 3.05) is 27.9 Å². The Kier molecular flexibility index (Phi) is 25.1. The zero-order valence-corrected chi connectivity index (χ0v) is 47.9. The molecule has 14 nitrogen and oxygen atoms in total. The van der Waals surface area contributed by atoms with Gasteiger partial charge in [0.05, 0.1) is 30.5 Å². The first-order chi connectivity index (χ1) is 34.6. The first kappa shape index (κ1) is 62.4. The number of hydrogen-bond donors (Lipinski definition) is 2. The molecule has 4 aliphatic rings. The normalized spacial score (nSPS) is 37.7. The van der Waals surface area contributed by atoms with E-state index in [1.165, 1.54) is 4.90 Å². The van der Waals surface area contributed by atoms with Crippen molar-refractivity contribution < 1.29 is 62.3 Å². The van der Waals surface area contributed by atoms with Crippen LogP contribution in [0.25, 0.3) is 0 Å². The van der Waals surface area contributed by atoms with E-state index in [1.807, 2.05) is 65.0 Å². The molecule has 0 spiro atoms. The number of carbonyl (C=O) groups excluding carboxylic acids is 5. The third-order valence-corrected chi connectivity index (χ3v) is 21.7. The summed E-state index contributed by atoms with van der Waals surface area (Å²) in [6, 6.07) is 1.42. The van der Waals surface area contributed by atoms with E-state index in [0.717, 1.165) is 42.1 Å². The van der Waals surface area contributed by atoms with E-state index in [1.54, 1.807) is 28.3 Å². The Labute approximate surface area is 439 Å². The average Bonchev–Trinajstić information content (AvgIpc) is 3.38. The lowest BCUT2D eigenvalue weighted by Crippen LogP contribution is -2.61. The maximum atomic E-state index is 14.6. The topological polar surface area (TPSA) is 184 Å². The number of aliphatic hydroxyl groups excluding tert-OH is 1. The van der Waals surface area contributed by atoms with Gasteiger partial charge in [0.1, 0.15) is 24.0 Å². The highest BCUT2D eigenvalue weighted by Gasteiger charge is 2.53. The molecule has 3 fully saturated rings. The second-order valence-electron chi connectivity index (χ2n) is 22.3. The number of Topliss-reactive ketones (excluding diaryl/α,β-unsaturated/α-hetero) is 3. The fourth-order valence-electron chi connectivity index (χ4n) is 11.5. The molecule has 0 radical (unpaired) electrons. The van der Waals surface area contributed by atoms with Crippen LogP contribution >= 0.6 is 0 Å². The number of rotatable bonds is 11. The van der Waals surface area contributed by atoms with Gasteiger partial charge in [0, 0.05) is 58.5 Å². The number of nitrogens with zero attached hydrogens (tertiary/aromatic N) is 1. The lowest BCUT2D eigenvalue weighted by atomic mass is 9.78. The predicted octanol–water partition coefficient (Wildman–Crippen LogP) is 9.60. The van der Waals surface area contributed by atoms with Crippen molar-refractivity contribution in [2.24, 2.45) is 35.5 Å². The Morgan fingerprint density at radius 3 is 2.15 bits per heavy atom. The summed E-state index contributed by atoms with van der Waals surface area (Å²) < 4.78 is 37.4. The molecule has 2 bridgehead atoms. The van der Waals surface area contributed by atoms with E-state index >= 15 is 0 Å². The highest BCUT2D eigenvalue weighted by atomic mass is 28.4. The number of piperidine rings is 1. The van der Waals surface area contributed by atoms with Gasteiger partial charge in [-0.05, 0) is 132 Å². The Morgan fingerprint density at radius 2 is 1.51 bits per heavy atom. The summed E-state index contributed by atoms with van der Waals surface area (Å²) in [5, 5.41) is 22.7. The van der Waals surface area contributed by atoms with Crippen molar-refractivity contribution in [1.82, 2.24) is 4.90 Å². The van der Waals surface area contributed by atoms with Crippen molar-refractivity contribution in [1.29, 1.82) is 0 Å². The Morgan fingerprint density at radius 1 is 0.808 bits per heavy atom. The summed E-state index contributed by atoms with van der Waals surface area (Å²) in [5.74, 6) is -7.19. The SMILES string of the molecule is CC[Si](CC)(CC)OC1/C(C)=C/[C@@H](C)C(=O)C[C@@H]([C@H](C)C[C@@H]2CC[C@@H](O)[C@H](OC)C2)OC(=O)[C@@H]2CCCCN2C(=O)C(=O)[C@]2(O)O[C@@H](CC[C@H]2C)C[C@H](OC)/C(C)=C/C=C/C=C/[C@@H](C)CC[C@@H](C)C(=O)[C@@H]1OC. The molecule has 1 saturated carbocycles. The van der Waals surface area contributed by atoms with Crippen LogP contribution in [-0.4, -0.2) is 135 Å². The molecule has 15 heteroatoms. The minimum atomic E-state index is -2.42. The fraction of sp³-hybridized carbons (Fsp3) is 0.776. The van der Waals surface area contributed by atoms with Gasteiger partial charge in [-0.2, -0.15) is 0 Å². The number of ketones is 3. The predicted molar refractivity (Wildman–Crippen MR) is 286 cm³/mol. The number of methoxy groups -OCH3 is 3. The summed E-state index contributed by atoms with van der Waals surface area (Å²) in [5.41, 5.74) is 1.63. The molecule has 414 valence electrons. The molecule has 1 unspecified atom stereocenters. The van der Waals surface area contributed by atoms with Crippen LogP contribution in [0, 0.1) is 35.5 Å². The number of fused-ring (bicyclic) bond motifs is 3. The van der Waals surface area contributed by atoms with Gasteiger partial charge in [-0.1, -0.05) is 91.8 Å². The van der Waals surface area contributed by atoms with Crippen LogP contribution < -0.4 is 0 Å². The van der Waals surface area contributed by atoms with E-state index in [-0.39, 0.29) is 60.7 Å². The third-order valence-electron chi connectivity index (χ3n) is 17.1. The van der Waals surface area contributed by atoms with Crippen molar-refractivity contribution in [2.45, 2.75) is 225 Å². The molecule has 0 aromatic heterocycles. The zero-order chi connectivity index (χ0) is 54.2. The number of esters is 1. The molecule has 4 rings (SSSR count). The highest BCUT2D eigenvalue weighted by molar-refractivity contribution is 6.73. The van der Waals surface area contributed by atoms with Crippen LogP contribution in [0.2, 0.25) is 18.1 Å². The Hall–Kier alpha value is -3.15. The first-order valence-corrected chi connectivity index (χ1v) is 30.3. The molecular formula is C58H95NO13Si. The Balaban J connectivity index is 1.78. The molecular weight excluding hydrogens is 947 g/mol. The van der Waals surface area contributed by atoms with Crippen LogP contribution in [-0.2, 0) is 52.1 Å². The van der Waals surface area contributed by atoms with Crippen molar-refractivity contribution in [3.8, 4) is 0 Å². The van der Waals surface area contributed by atoms with E-state index in [9.17, 15) is 34.2 Å². The number of carbonyl (C=O) groups is 5. The highest BCUT2D eigenvalue weighted by Crippen LogP contribution is 2.38. The van der Waals surface area contributed by atoms with E-state index in [2.05, 4.69) is 33.8 Å². The summed E-state index contributed by atoms with van der Waals surface area (Å²) >= 11 is 0. The minimum Gasteiger partial charge on any atom is -0.460 e. The van der Waals surface area contributed by atoms with Crippen molar-refractivity contribution >= 4 is 37.5 Å². The van der Waals surface area contributed by atoms with Gasteiger partial charge < -0.3 is 43.2 Å². The van der Waals surface area contributed by atoms with Crippen molar-refractivity contribution in [3.63, 3.8) is 0 Å². The van der Waals surface area contributed by atoms with Gasteiger partial charge in [-0.25, -0.2) is 4.79 Å². The molecule has 0 aromatic rings. The van der Waals surface area contributed by atoms with E-state index < -0.39 is 86.3 Å². The number of cyclic esters (lactones) is 1. The standard InChI is InChI=1S/C58H95NO13Si/c1-14-73(15-2,16-3)72-53-42(9)32-40(7)48(61)36-50(41(8)33-44-28-30-47(60)51(34-44)68-12)70-57(65)46-24-20-21-31-59(46)56(64)55(63)58(66)43(10)27-29-45(71-58)35-49(67-11)38(5)23-19-17-18-22-37(4)25-26-39(6)52(62)54(53)69-13/h17-19,22-23,32,37,39-41,43-47,49-51,53-54,60,66H,14-16,20-21,24-31,33-36H2,1-13H3/b19-17+,22-18+,38-23+,42-32+/t37-,39-,40-,41-,43-,44+,45+,46+,47-,49+,50+,51-,53?,54+,58-/m1/s1. The summed E-state index contributed by atoms with van der Waals surface area (Å²) in [6.07, 6.45) is 13.9. The second-order valence-corrected chi connectivity index (χ2v) is 27.0. The van der Waals surface area contributed by atoms with Gasteiger partial charge >= 0.3 is 5.97 Å². The number of ether oxygens (including phenoxy) is 5. The molecule has 0 aromatic carbocycles. The average molecular weight is 1040 g/mol. The summed E-state index contributed by atoms with van der Waals surface area (Å²) in [6.45, 7) is 19.9. The fourth-order valence-corrected chi connectivity index (χ4v) is 14.4. The molecule has 15 atom stereocenters. The number of amides is 1. The van der Waals surface area contributed by atoms with Crippen LogP contribution in [0.1, 0.15) is 153 Å². The number of aliphatic hydroxyl groups is 2. The van der Waals surface area contributed by atoms with E-state index in [4.69, 9.17) is 28.1 Å². The smallest absolute Gasteiger partial charge is 0.329 e. The van der Waals surface area contributed by atoms with Crippen molar-refractivity contribution in [3.05, 3.63) is 47.6 Å². The first-order valence-electron chi connectivity index (χ1n) is 27.8. The quantitative estimate of drug-likeness (QED) is 0.0864. The zero-order valence-electron chi connectivity index (χ0n) is 46.9. The molecule has 3 heterocycles. The summed E-state index contributed by atoms with van der Waals surface area (Å²) in [7, 11) is 2.40. The van der Waals surface area contributed by atoms with E-state index in [0.29, 0.717) is 57.8 Å². The number of allylic oxidation sites excluding steroid dienone is 6. The van der Waals surface area contributed by atoms with Crippen LogP contribution in [0.15, 0.2) is 47.6 Å². The minimum absolute atomic E-state index is 0.0454. The van der Waals surface area contributed by atoms with Gasteiger partial charge in [-0.15, -0.1) is 0 Å². The van der Waals surface area contributed by atoms with Crippen LogP contribution in [0.4, 0.5) is 0 Å². The molecule has 2 saturated heterocycles. The maximum absolute atomic E-state index is 14.6. The van der Waals surface area contributed by atoms with Gasteiger partial charge in [0.15, 0.2) is 14.1 Å². The molecule has 2 N–H and O–H groups in total. The monoisotopic (exact) mass is 1040 g/mol. The van der Waals surface area contributed by atoms with Gasteiger partial charge in [0.25, 0.3) is 11.7 Å². The Bertz CT molecular complexity index is 1940. The number of hydrogen-bond acceptors (Lipinski definition) is 13. The van der Waals surface area contributed by atoms with Gasteiger partial charge in [-0.3, -0.25) is 19.2 Å². The third kappa shape index (κ3) is 16.7. The lowest BCUT2D eigenvalue weighted by molar-refractivity contribution is -0.265. The molecule has 1 amide bonds. The molecule has 3 aliphatic heterocycles. The second kappa shape index (κ2) is 29.4. The molecule has 73 heavy (non-hydrogen) atoms. The molecule has 1 aliphatic carbocycles. The van der Waals surface area contributed by atoms with Crippen LogP contribution in [0.5, 0.6) is 0 Å². The van der Waals surface area contributed by atoms with Gasteiger partial charge in [0.2, 0.25) is 5.79 Å². The summed E-state index contributed by atoms with van der Waals surface area (Å²) in [4.78, 5) is 73.7.